The Morgan fingerprint density at radius 1 is 1.00 bits per heavy atom. The molecule has 0 bridgehead atoms. The van der Waals surface area contributed by atoms with Crippen molar-refractivity contribution in [2.24, 2.45) is 0 Å². The van der Waals surface area contributed by atoms with Crippen molar-refractivity contribution in [3.8, 4) is 17.0 Å². The zero-order valence-electron chi connectivity index (χ0n) is 21.0. The summed E-state index contributed by atoms with van der Waals surface area (Å²) < 4.78 is 5.50. The van der Waals surface area contributed by atoms with E-state index in [-0.39, 0.29) is 24.4 Å². The summed E-state index contributed by atoms with van der Waals surface area (Å²) in [4.78, 5) is 32.3. The number of para-hydroxylation sites is 1. The molecule has 6 rings (SSSR count). The molecular formula is C31H31N3O3. The lowest BCUT2D eigenvalue weighted by atomic mass is 9.93. The summed E-state index contributed by atoms with van der Waals surface area (Å²) in [5.41, 5.74) is 5.44. The Bertz CT molecular complexity index is 1470. The van der Waals surface area contributed by atoms with Crippen LogP contribution in [0.15, 0.2) is 72.8 Å². The number of hydrogen-bond donors (Lipinski definition) is 2. The van der Waals surface area contributed by atoms with Crippen LogP contribution >= 0.6 is 0 Å². The van der Waals surface area contributed by atoms with Gasteiger partial charge >= 0.3 is 0 Å². The van der Waals surface area contributed by atoms with E-state index in [9.17, 15) is 9.59 Å². The number of rotatable bonds is 6. The zero-order chi connectivity index (χ0) is 25.4. The van der Waals surface area contributed by atoms with Crippen molar-refractivity contribution in [3.05, 3.63) is 89.5 Å². The molecule has 1 unspecified atom stereocenters. The smallest absolute Gasteiger partial charge is 0.255 e. The van der Waals surface area contributed by atoms with Crippen LogP contribution < -0.4 is 10.1 Å². The molecular weight excluding hydrogens is 462 g/mol. The lowest BCUT2D eigenvalue weighted by molar-refractivity contribution is -0.122. The van der Waals surface area contributed by atoms with Gasteiger partial charge in [0.15, 0.2) is 0 Å². The molecule has 1 aliphatic heterocycles. The second kappa shape index (κ2) is 9.77. The van der Waals surface area contributed by atoms with Crippen molar-refractivity contribution >= 4 is 22.7 Å². The van der Waals surface area contributed by atoms with E-state index in [0.717, 1.165) is 64.7 Å². The number of nitrogens with one attached hydrogen (secondary N) is 2. The first-order valence-electron chi connectivity index (χ1n) is 13.1. The Labute approximate surface area is 216 Å². The van der Waals surface area contributed by atoms with Gasteiger partial charge in [0.25, 0.3) is 5.91 Å². The number of amides is 2. The average Bonchev–Trinajstić information content (AvgIpc) is 3.44. The molecule has 2 heterocycles. The van der Waals surface area contributed by atoms with E-state index in [1.54, 1.807) is 12.0 Å². The van der Waals surface area contributed by atoms with E-state index < -0.39 is 6.04 Å². The highest BCUT2D eigenvalue weighted by molar-refractivity contribution is 6.03. The molecule has 1 aliphatic carbocycles. The molecule has 1 aromatic heterocycles. The van der Waals surface area contributed by atoms with Gasteiger partial charge in [-0.2, -0.15) is 0 Å². The van der Waals surface area contributed by atoms with Crippen LogP contribution in [0.5, 0.6) is 5.75 Å². The number of aromatic amines is 1. The maximum atomic E-state index is 13.7. The molecule has 2 N–H and O–H groups in total. The number of methoxy groups -OCH3 is 1. The summed E-state index contributed by atoms with van der Waals surface area (Å²) in [5, 5.41) is 4.24. The monoisotopic (exact) mass is 493 g/mol. The lowest BCUT2D eigenvalue weighted by Crippen LogP contribution is -2.44. The van der Waals surface area contributed by atoms with E-state index in [1.165, 1.54) is 6.42 Å². The third-order valence-electron chi connectivity index (χ3n) is 7.72. The van der Waals surface area contributed by atoms with Gasteiger partial charge in [0.05, 0.1) is 18.8 Å². The first-order chi connectivity index (χ1) is 18.1. The predicted molar refractivity (Wildman–Crippen MR) is 145 cm³/mol. The molecule has 1 atom stereocenters. The number of benzene rings is 3. The molecule has 1 fully saturated rings. The number of carbonyl (C=O) groups is 2. The van der Waals surface area contributed by atoms with Gasteiger partial charge in [-0.3, -0.25) is 9.59 Å². The Hall–Kier alpha value is -4.06. The largest absolute Gasteiger partial charge is 0.497 e. The highest BCUT2D eigenvalue weighted by Crippen LogP contribution is 2.45. The zero-order valence-corrected chi connectivity index (χ0v) is 21.0. The van der Waals surface area contributed by atoms with Gasteiger partial charge < -0.3 is 19.9 Å². The number of fused-ring (bicyclic) bond motifs is 2. The summed E-state index contributed by atoms with van der Waals surface area (Å²) in [7, 11) is 1.66. The van der Waals surface area contributed by atoms with E-state index in [1.807, 2.05) is 66.7 Å². The maximum absolute atomic E-state index is 13.7. The van der Waals surface area contributed by atoms with Crippen LogP contribution in [0.25, 0.3) is 22.2 Å². The number of ether oxygens (including phenoxy) is 1. The van der Waals surface area contributed by atoms with Crippen LogP contribution in [0.4, 0.5) is 0 Å². The molecule has 2 amide bonds. The van der Waals surface area contributed by atoms with Gasteiger partial charge in [0.2, 0.25) is 5.91 Å². The van der Waals surface area contributed by atoms with Crippen molar-refractivity contribution < 1.29 is 14.3 Å². The SMILES string of the molecule is COc1cccc(-c2[nH]c3ccccc3c2C2c3ccccc3C(=O)N2CC(=O)NC2CCCCC2)c1. The van der Waals surface area contributed by atoms with Crippen molar-refractivity contribution in [1.29, 1.82) is 0 Å². The molecule has 6 nitrogen and oxygen atoms in total. The summed E-state index contributed by atoms with van der Waals surface area (Å²) in [5.74, 6) is 0.552. The van der Waals surface area contributed by atoms with E-state index >= 15 is 0 Å². The predicted octanol–water partition coefficient (Wildman–Crippen LogP) is 5.84. The van der Waals surface area contributed by atoms with Crippen LogP contribution in [0.1, 0.15) is 59.6 Å². The van der Waals surface area contributed by atoms with Crippen molar-refractivity contribution in [3.63, 3.8) is 0 Å². The molecule has 3 aromatic carbocycles. The van der Waals surface area contributed by atoms with Crippen LogP contribution in [0, 0.1) is 0 Å². The Kier molecular flexibility index (Phi) is 6.16. The highest BCUT2D eigenvalue weighted by atomic mass is 16.5. The first kappa shape index (κ1) is 23.3. The van der Waals surface area contributed by atoms with Gasteiger partial charge in [0.1, 0.15) is 12.3 Å². The summed E-state index contributed by atoms with van der Waals surface area (Å²) >= 11 is 0. The maximum Gasteiger partial charge on any atom is 0.255 e. The third-order valence-corrected chi connectivity index (χ3v) is 7.72. The van der Waals surface area contributed by atoms with Gasteiger partial charge in [0, 0.05) is 33.6 Å². The molecule has 37 heavy (non-hydrogen) atoms. The van der Waals surface area contributed by atoms with Crippen molar-refractivity contribution in [2.45, 2.75) is 44.2 Å². The molecule has 0 spiro atoms. The summed E-state index contributed by atoms with van der Waals surface area (Å²) in [6.07, 6.45) is 5.52. The number of carbonyl (C=O) groups excluding carboxylic acids is 2. The molecule has 188 valence electrons. The highest BCUT2D eigenvalue weighted by Gasteiger charge is 2.41. The minimum Gasteiger partial charge on any atom is -0.497 e. The molecule has 1 saturated carbocycles. The minimum absolute atomic E-state index is 0.0196. The van der Waals surface area contributed by atoms with Gasteiger partial charge in [-0.15, -0.1) is 0 Å². The quantitative estimate of drug-likeness (QED) is 0.355. The second-order valence-electron chi connectivity index (χ2n) is 10.0. The van der Waals surface area contributed by atoms with Crippen LogP contribution in [0.3, 0.4) is 0 Å². The number of H-pyrrole nitrogens is 1. The fraction of sp³-hybridized carbons (Fsp3) is 0.290. The normalized spacial score (nSPS) is 17.7. The Morgan fingerprint density at radius 2 is 1.78 bits per heavy atom. The van der Waals surface area contributed by atoms with Crippen molar-refractivity contribution in [2.75, 3.05) is 13.7 Å². The fourth-order valence-electron chi connectivity index (χ4n) is 5.97. The minimum atomic E-state index is -0.391. The summed E-state index contributed by atoms with van der Waals surface area (Å²) in [6, 6.07) is 23.6. The van der Waals surface area contributed by atoms with E-state index in [4.69, 9.17) is 4.74 Å². The molecule has 2 aliphatic rings. The number of nitrogens with zero attached hydrogens (tertiary/aromatic N) is 1. The van der Waals surface area contributed by atoms with Gasteiger partial charge in [-0.05, 0) is 42.7 Å². The Morgan fingerprint density at radius 3 is 2.62 bits per heavy atom. The molecule has 4 aromatic rings. The molecule has 0 saturated heterocycles. The average molecular weight is 494 g/mol. The topological polar surface area (TPSA) is 74.4 Å². The van der Waals surface area contributed by atoms with Gasteiger partial charge in [-0.25, -0.2) is 0 Å². The van der Waals surface area contributed by atoms with Crippen LogP contribution in [-0.2, 0) is 4.79 Å². The standard InChI is InChI=1S/C31H31N3O3/c1-37-22-13-9-10-20(18-22)29-28(25-16-7-8-17-26(25)33-29)30-23-14-5-6-15-24(23)31(36)34(30)19-27(35)32-21-11-3-2-4-12-21/h5-10,13-18,21,30,33H,2-4,11-12,19H2,1H3,(H,32,35). The van der Waals surface area contributed by atoms with E-state index in [0.29, 0.717) is 5.56 Å². The second-order valence-corrected chi connectivity index (χ2v) is 10.0. The number of hydrogen-bond acceptors (Lipinski definition) is 3. The molecule has 0 radical (unpaired) electrons. The van der Waals surface area contributed by atoms with Crippen molar-refractivity contribution in [1.82, 2.24) is 15.2 Å². The lowest BCUT2D eigenvalue weighted by Gasteiger charge is -2.28. The first-order valence-corrected chi connectivity index (χ1v) is 13.1. The van der Waals surface area contributed by atoms with Crippen LogP contribution in [0.2, 0.25) is 0 Å². The Balaban J connectivity index is 1.46. The van der Waals surface area contributed by atoms with Crippen LogP contribution in [-0.4, -0.2) is 41.4 Å². The van der Waals surface area contributed by atoms with Gasteiger partial charge in [-0.1, -0.05) is 67.8 Å². The third kappa shape index (κ3) is 4.26. The molecule has 6 heteroatoms. The summed E-state index contributed by atoms with van der Waals surface area (Å²) in [6.45, 7) is 0.0196. The number of aromatic nitrogens is 1. The fourth-order valence-corrected chi connectivity index (χ4v) is 5.97. The van der Waals surface area contributed by atoms with E-state index in [2.05, 4.69) is 16.4 Å².